The van der Waals surface area contributed by atoms with E-state index in [0.29, 0.717) is 0 Å². The molecule has 1 aromatic heterocycles. The number of benzene rings is 1. The molecule has 0 aliphatic carbocycles. The largest absolute Gasteiger partial charge is 0.503 e. The van der Waals surface area contributed by atoms with E-state index in [9.17, 15) is 14.7 Å². The van der Waals surface area contributed by atoms with E-state index in [2.05, 4.69) is 4.98 Å². The van der Waals surface area contributed by atoms with Gasteiger partial charge >= 0.3 is 5.91 Å². The maximum atomic E-state index is 11.8. The highest BCUT2D eigenvalue weighted by Gasteiger charge is 2.34. The van der Waals surface area contributed by atoms with Crippen molar-refractivity contribution in [2.24, 2.45) is 0 Å². The van der Waals surface area contributed by atoms with Gasteiger partial charge in [-0.3, -0.25) is 9.59 Å². The number of amides is 1. The summed E-state index contributed by atoms with van der Waals surface area (Å²) >= 11 is 1.58. The fourth-order valence-corrected chi connectivity index (χ4v) is 3.23. The fourth-order valence-electron chi connectivity index (χ4n) is 2.42. The first-order valence-electron chi connectivity index (χ1n) is 6.77. The second-order valence-electron chi connectivity index (χ2n) is 5.12. The highest BCUT2D eigenvalue weighted by molar-refractivity contribution is 7.13. The third-order valence-corrected chi connectivity index (χ3v) is 4.72. The lowest BCUT2D eigenvalue weighted by molar-refractivity contribution is -0.141. The maximum Gasteiger partial charge on any atom is 0.302 e. The summed E-state index contributed by atoms with van der Waals surface area (Å²) in [6, 6.07) is 7.45. The van der Waals surface area contributed by atoms with Crippen LogP contribution in [-0.4, -0.2) is 26.7 Å². The van der Waals surface area contributed by atoms with Crippen molar-refractivity contribution < 1.29 is 14.7 Å². The van der Waals surface area contributed by atoms with Crippen LogP contribution in [0.4, 0.5) is 0 Å². The summed E-state index contributed by atoms with van der Waals surface area (Å²) in [7, 11) is 0. The van der Waals surface area contributed by atoms with Gasteiger partial charge in [0, 0.05) is 0 Å². The summed E-state index contributed by atoms with van der Waals surface area (Å²) in [6.45, 7) is 3.78. The van der Waals surface area contributed by atoms with Gasteiger partial charge in [0.25, 0.3) is 5.78 Å². The van der Waals surface area contributed by atoms with Gasteiger partial charge < -0.3 is 10.0 Å². The number of aryl methyl sites for hydroxylation is 1. The molecule has 112 valence electrons. The van der Waals surface area contributed by atoms with Gasteiger partial charge in [-0.2, -0.15) is 0 Å². The van der Waals surface area contributed by atoms with Gasteiger partial charge in [0.05, 0.1) is 28.3 Å². The Kier molecular flexibility index (Phi) is 3.54. The van der Waals surface area contributed by atoms with Gasteiger partial charge in [-0.05, 0) is 25.0 Å². The zero-order valence-corrected chi connectivity index (χ0v) is 12.9. The fraction of sp³-hybridized carbons (Fsp3) is 0.188. The lowest BCUT2D eigenvalue weighted by atomic mass is 10.0. The molecule has 2 heterocycles. The molecule has 1 atom stereocenters. The lowest BCUT2D eigenvalue weighted by Gasteiger charge is -2.21. The summed E-state index contributed by atoms with van der Waals surface area (Å²) in [5.41, 5.74) is 4.75. The van der Waals surface area contributed by atoms with E-state index in [4.69, 9.17) is 0 Å². The minimum absolute atomic E-state index is 0.322. The number of hydrogen-bond donors (Lipinski definition) is 1. The van der Waals surface area contributed by atoms with Crippen molar-refractivity contribution in [1.29, 1.82) is 0 Å². The highest BCUT2D eigenvalue weighted by Crippen LogP contribution is 2.30. The third kappa shape index (κ3) is 2.31. The normalized spacial score (nSPS) is 16.1. The van der Waals surface area contributed by atoms with E-state index in [1.54, 1.807) is 11.3 Å². The molecule has 0 fully saturated rings. The summed E-state index contributed by atoms with van der Waals surface area (Å²) < 4.78 is 0. The standard InChI is InChI=1S/C16H14N2O3S/c1-9-15(22-8-17-9)12-5-3-11(4-6-12)10(2)18-7-13(19)14(20)16(18)21/h3-8,10,19H,1-2H3/t10-/m0/s1. The smallest absolute Gasteiger partial charge is 0.302 e. The van der Waals surface area contributed by atoms with Crippen molar-refractivity contribution >= 4 is 23.0 Å². The quantitative estimate of drug-likeness (QED) is 0.884. The van der Waals surface area contributed by atoms with E-state index >= 15 is 0 Å². The molecule has 22 heavy (non-hydrogen) atoms. The second-order valence-corrected chi connectivity index (χ2v) is 5.98. The summed E-state index contributed by atoms with van der Waals surface area (Å²) in [6.07, 6.45) is 1.19. The summed E-state index contributed by atoms with van der Waals surface area (Å²) in [5.74, 6) is -2.06. The van der Waals surface area contributed by atoms with Crippen LogP contribution in [0.15, 0.2) is 41.7 Å². The molecule has 3 rings (SSSR count). The van der Waals surface area contributed by atoms with Crippen LogP contribution in [0.5, 0.6) is 0 Å². The van der Waals surface area contributed by atoms with Crippen molar-refractivity contribution in [2.45, 2.75) is 19.9 Å². The number of thiazole rings is 1. The number of hydrogen-bond acceptors (Lipinski definition) is 5. The van der Waals surface area contributed by atoms with Gasteiger partial charge in [-0.25, -0.2) is 4.98 Å². The molecule has 5 nitrogen and oxygen atoms in total. The molecule has 1 aromatic carbocycles. The number of carbonyl (C=O) groups excluding carboxylic acids is 2. The Morgan fingerprint density at radius 2 is 1.91 bits per heavy atom. The van der Waals surface area contributed by atoms with E-state index in [-0.39, 0.29) is 6.04 Å². The van der Waals surface area contributed by atoms with Crippen LogP contribution in [0.25, 0.3) is 10.4 Å². The molecule has 2 aromatic rings. The summed E-state index contributed by atoms with van der Waals surface area (Å²) in [5, 5.41) is 9.38. The first-order valence-corrected chi connectivity index (χ1v) is 7.65. The minimum atomic E-state index is -0.858. The molecular formula is C16H14N2O3S. The molecule has 6 heteroatoms. The van der Waals surface area contributed by atoms with Gasteiger partial charge in [0.15, 0.2) is 5.76 Å². The molecule has 0 unspecified atom stereocenters. The van der Waals surface area contributed by atoms with Gasteiger partial charge in [-0.1, -0.05) is 24.3 Å². The number of Topliss-reactive ketones (excluding diaryl/α,β-unsaturated/α-hetero) is 1. The lowest BCUT2D eigenvalue weighted by Crippen LogP contribution is -2.29. The topological polar surface area (TPSA) is 70.5 Å². The maximum absolute atomic E-state index is 11.8. The zero-order valence-electron chi connectivity index (χ0n) is 12.1. The van der Waals surface area contributed by atoms with Crippen molar-refractivity contribution in [2.75, 3.05) is 0 Å². The van der Waals surface area contributed by atoms with Crippen molar-refractivity contribution in [1.82, 2.24) is 9.88 Å². The van der Waals surface area contributed by atoms with Crippen molar-refractivity contribution in [3.05, 3.63) is 53.0 Å². The molecule has 0 saturated carbocycles. The summed E-state index contributed by atoms with van der Waals surface area (Å²) in [4.78, 5) is 29.8. The first-order chi connectivity index (χ1) is 10.5. The minimum Gasteiger partial charge on any atom is -0.503 e. The molecule has 0 radical (unpaired) electrons. The van der Waals surface area contributed by atoms with Crippen LogP contribution in [0.2, 0.25) is 0 Å². The Balaban J connectivity index is 1.86. The van der Waals surface area contributed by atoms with Crippen LogP contribution in [-0.2, 0) is 9.59 Å². The molecule has 1 aliphatic rings. The first kappa shape index (κ1) is 14.5. The van der Waals surface area contributed by atoms with Gasteiger partial charge in [0.1, 0.15) is 0 Å². The van der Waals surface area contributed by atoms with Crippen LogP contribution >= 0.6 is 11.3 Å². The van der Waals surface area contributed by atoms with Crippen LogP contribution in [0, 0.1) is 6.92 Å². The Hall–Kier alpha value is -2.47. The number of nitrogens with zero attached hydrogens (tertiary/aromatic N) is 2. The Bertz CT molecular complexity index is 777. The zero-order chi connectivity index (χ0) is 15.9. The predicted octanol–water partition coefficient (Wildman–Crippen LogP) is 2.99. The number of rotatable bonds is 3. The monoisotopic (exact) mass is 314 g/mol. The van der Waals surface area contributed by atoms with E-state index in [0.717, 1.165) is 21.7 Å². The van der Waals surface area contributed by atoms with E-state index in [1.165, 1.54) is 11.1 Å². The Labute approximate surface area is 131 Å². The molecule has 0 saturated heterocycles. The average molecular weight is 314 g/mol. The second kappa shape index (κ2) is 5.38. The molecule has 1 aliphatic heterocycles. The van der Waals surface area contributed by atoms with Crippen LogP contribution < -0.4 is 0 Å². The van der Waals surface area contributed by atoms with E-state index in [1.807, 2.05) is 43.6 Å². The third-order valence-electron chi connectivity index (χ3n) is 3.74. The SMILES string of the molecule is Cc1ncsc1-c1ccc([C@H](C)N2C=C(O)C(=O)C2=O)cc1. The Morgan fingerprint density at radius 3 is 2.41 bits per heavy atom. The molecule has 1 amide bonds. The van der Waals surface area contributed by atoms with Crippen LogP contribution in [0.3, 0.4) is 0 Å². The Morgan fingerprint density at radius 1 is 1.23 bits per heavy atom. The molecule has 1 N–H and O–H groups in total. The number of aliphatic hydroxyl groups excluding tert-OH is 1. The predicted molar refractivity (Wildman–Crippen MR) is 83.3 cm³/mol. The molecular weight excluding hydrogens is 300 g/mol. The van der Waals surface area contributed by atoms with Crippen LogP contribution in [0.1, 0.15) is 24.2 Å². The average Bonchev–Trinajstić information content (AvgIpc) is 3.06. The number of aromatic nitrogens is 1. The van der Waals surface area contributed by atoms with E-state index < -0.39 is 17.4 Å². The molecule has 0 bridgehead atoms. The number of aliphatic hydroxyl groups is 1. The number of ketones is 1. The van der Waals surface area contributed by atoms with Crippen molar-refractivity contribution in [3.63, 3.8) is 0 Å². The van der Waals surface area contributed by atoms with Gasteiger partial charge in [-0.15, -0.1) is 11.3 Å². The van der Waals surface area contributed by atoms with Gasteiger partial charge in [0.2, 0.25) is 0 Å². The molecule has 0 spiro atoms. The number of carbonyl (C=O) groups is 2. The van der Waals surface area contributed by atoms with Crippen molar-refractivity contribution in [3.8, 4) is 10.4 Å². The highest BCUT2D eigenvalue weighted by atomic mass is 32.1.